The van der Waals surface area contributed by atoms with Crippen LogP contribution in [-0.2, 0) is 0 Å². The second-order valence-corrected chi connectivity index (χ2v) is 3.22. The van der Waals surface area contributed by atoms with Crippen LogP contribution >= 0.6 is 23.2 Å². The first-order valence-corrected chi connectivity index (χ1v) is 4.45. The molecule has 0 bridgehead atoms. The molecule has 1 aromatic rings. The van der Waals surface area contributed by atoms with Crippen LogP contribution in [0.5, 0.6) is 0 Å². The van der Waals surface area contributed by atoms with E-state index >= 15 is 0 Å². The number of hydrogen-bond donors (Lipinski definition) is 0. The number of nitrogens with zero attached hydrogens (tertiary/aromatic N) is 3. The number of hydrogen-bond acceptors (Lipinski definition) is 2. The maximum atomic E-state index is 9.75. The molecule has 0 aromatic carbocycles. The Morgan fingerprint density at radius 3 is 2.06 bits per heavy atom. The molecule has 1 aromatic heterocycles. The molecule has 16 heavy (non-hydrogen) atoms. The third kappa shape index (κ3) is 6.42. The number of aromatic nitrogens is 1. The Labute approximate surface area is 98.1 Å². The van der Waals surface area contributed by atoms with Crippen LogP contribution in [0.4, 0.5) is 23.0 Å². The fraction of sp³-hybridized carbons (Fsp3) is 0.167. The average molecular weight is 276 g/mol. The summed E-state index contributed by atoms with van der Waals surface area (Å²) >= 11 is 11.2. The highest BCUT2D eigenvalue weighted by Crippen LogP contribution is 2.26. The molecule has 3 nitrogen and oxygen atoms in total. The minimum atomic E-state index is -6.00. The van der Waals surface area contributed by atoms with E-state index in [2.05, 4.69) is 9.96 Å². The SMILES string of the molecule is Cc1cc([N+]#N)c(Cl)nc1Cl.F[B-](F)(F)F. The van der Waals surface area contributed by atoms with Crippen molar-refractivity contribution in [2.75, 3.05) is 0 Å². The standard InChI is InChI=1S/C6H4Cl2N3.BF4/c1-3-2-4(11-9)6(8)10-5(3)7;2-1(3,4)5/h2H,1H3;/q+1;-1. The summed E-state index contributed by atoms with van der Waals surface area (Å²) < 4.78 is 39.0. The van der Waals surface area contributed by atoms with Crippen molar-refractivity contribution in [2.45, 2.75) is 6.92 Å². The van der Waals surface area contributed by atoms with Crippen molar-refractivity contribution in [1.29, 1.82) is 5.39 Å². The lowest BCUT2D eigenvalue weighted by atomic mass is 10.3. The Kier molecular flexibility index (Phi) is 5.48. The number of aryl methyl sites for hydroxylation is 1. The molecule has 0 aliphatic rings. The molecule has 88 valence electrons. The van der Waals surface area contributed by atoms with Crippen LogP contribution in [0.1, 0.15) is 5.56 Å². The molecule has 0 fully saturated rings. The number of rotatable bonds is 0. The Balaban J connectivity index is 0.000000385. The summed E-state index contributed by atoms with van der Waals surface area (Å²) in [6, 6.07) is 1.55. The highest BCUT2D eigenvalue weighted by Gasteiger charge is 2.20. The maximum absolute atomic E-state index is 9.75. The van der Waals surface area contributed by atoms with Crippen molar-refractivity contribution in [3.8, 4) is 0 Å². The van der Waals surface area contributed by atoms with Crippen molar-refractivity contribution in [3.63, 3.8) is 0 Å². The van der Waals surface area contributed by atoms with Crippen LogP contribution in [0.3, 0.4) is 0 Å². The zero-order valence-electron chi connectivity index (χ0n) is 7.76. The fourth-order valence-corrected chi connectivity index (χ4v) is 0.985. The lowest BCUT2D eigenvalue weighted by Gasteiger charge is -1.94. The van der Waals surface area contributed by atoms with Crippen molar-refractivity contribution < 1.29 is 17.3 Å². The van der Waals surface area contributed by atoms with E-state index in [9.17, 15) is 17.3 Å². The number of diazo groups is 1. The largest absolute Gasteiger partial charge is 0.673 e. The highest BCUT2D eigenvalue weighted by atomic mass is 35.5. The summed E-state index contributed by atoms with van der Waals surface area (Å²) in [5.41, 5.74) is 0.956. The van der Waals surface area contributed by atoms with E-state index in [1.807, 2.05) is 0 Å². The predicted octanol–water partition coefficient (Wildman–Crippen LogP) is 4.48. The minimum Gasteiger partial charge on any atom is -0.418 e. The predicted molar refractivity (Wildman–Crippen MR) is 53.9 cm³/mol. The number of pyridine rings is 1. The first kappa shape index (κ1) is 14.9. The molecule has 0 amide bonds. The van der Waals surface area contributed by atoms with Crippen LogP contribution in [-0.4, -0.2) is 12.2 Å². The third-order valence-corrected chi connectivity index (χ3v) is 1.85. The molecule has 10 heteroatoms. The molecule has 0 unspecified atom stereocenters. The molecule has 0 saturated heterocycles. The van der Waals surface area contributed by atoms with E-state index in [0.29, 0.717) is 5.15 Å². The summed E-state index contributed by atoms with van der Waals surface area (Å²) in [6.07, 6.45) is 0. The van der Waals surface area contributed by atoms with Gasteiger partial charge in [-0.2, -0.15) is 0 Å². The van der Waals surface area contributed by atoms with Gasteiger partial charge in [-0.1, -0.05) is 23.2 Å². The van der Waals surface area contributed by atoms with Gasteiger partial charge in [0.2, 0.25) is 10.5 Å². The van der Waals surface area contributed by atoms with Gasteiger partial charge < -0.3 is 17.3 Å². The van der Waals surface area contributed by atoms with E-state index in [0.717, 1.165) is 5.56 Å². The lowest BCUT2D eigenvalue weighted by Crippen LogP contribution is -2.02. The van der Waals surface area contributed by atoms with Crippen LogP contribution in [0, 0.1) is 12.3 Å². The summed E-state index contributed by atoms with van der Waals surface area (Å²) in [7, 11) is -6.00. The first-order valence-electron chi connectivity index (χ1n) is 3.70. The van der Waals surface area contributed by atoms with Crippen molar-refractivity contribution in [2.24, 2.45) is 0 Å². The first-order chi connectivity index (χ1) is 7.15. The van der Waals surface area contributed by atoms with Crippen LogP contribution in [0.2, 0.25) is 10.3 Å². The van der Waals surface area contributed by atoms with E-state index in [4.69, 9.17) is 28.6 Å². The number of halogens is 6. The molecule has 0 saturated carbocycles. The molecular formula is C6H4BCl2F4N3. The Morgan fingerprint density at radius 2 is 1.69 bits per heavy atom. The molecule has 0 aliphatic carbocycles. The van der Waals surface area contributed by atoms with Gasteiger partial charge in [0.05, 0.1) is 0 Å². The zero-order chi connectivity index (χ0) is 12.9. The van der Waals surface area contributed by atoms with E-state index in [1.165, 1.54) is 0 Å². The third-order valence-electron chi connectivity index (χ3n) is 1.19. The smallest absolute Gasteiger partial charge is 0.418 e. The molecule has 0 aliphatic heterocycles. The second kappa shape index (κ2) is 5.87. The van der Waals surface area contributed by atoms with Gasteiger partial charge in [0.15, 0.2) is 4.98 Å². The summed E-state index contributed by atoms with van der Waals surface area (Å²) in [4.78, 5) is 6.64. The Morgan fingerprint density at radius 1 is 1.25 bits per heavy atom. The topological polar surface area (TPSA) is 41.0 Å². The zero-order valence-corrected chi connectivity index (χ0v) is 9.28. The van der Waals surface area contributed by atoms with Gasteiger partial charge in [0.25, 0.3) is 0 Å². The summed E-state index contributed by atoms with van der Waals surface area (Å²) in [5.74, 6) is 0. The van der Waals surface area contributed by atoms with Crippen LogP contribution in [0.25, 0.3) is 4.98 Å². The lowest BCUT2D eigenvalue weighted by molar-refractivity contribution is 0.368. The van der Waals surface area contributed by atoms with E-state index < -0.39 is 7.25 Å². The van der Waals surface area contributed by atoms with Crippen molar-refractivity contribution >= 4 is 36.1 Å². The Hall–Kier alpha value is -1.07. The van der Waals surface area contributed by atoms with Crippen LogP contribution in [0.15, 0.2) is 6.07 Å². The molecule has 1 heterocycles. The van der Waals surface area contributed by atoms with Crippen molar-refractivity contribution in [1.82, 2.24) is 4.98 Å². The van der Waals surface area contributed by atoms with E-state index in [-0.39, 0.29) is 10.8 Å². The van der Waals surface area contributed by atoms with Gasteiger partial charge in [-0.15, -0.1) is 0 Å². The monoisotopic (exact) mass is 275 g/mol. The molecule has 0 spiro atoms. The molecular weight excluding hydrogens is 272 g/mol. The van der Waals surface area contributed by atoms with E-state index in [1.54, 1.807) is 13.0 Å². The van der Waals surface area contributed by atoms with Gasteiger partial charge in [-0.05, 0) is 12.5 Å². The molecule has 1 rings (SSSR count). The normalized spacial score (nSPS) is 10.1. The summed E-state index contributed by atoms with van der Waals surface area (Å²) in [5, 5.41) is 8.81. The molecule has 0 N–H and O–H groups in total. The van der Waals surface area contributed by atoms with Gasteiger partial charge in [0, 0.05) is 6.07 Å². The molecule has 0 atom stereocenters. The van der Waals surface area contributed by atoms with Gasteiger partial charge in [0.1, 0.15) is 5.15 Å². The van der Waals surface area contributed by atoms with Crippen molar-refractivity contribution in [3.05, 3.63) is 26.9 Å². The van der Waals surface area contributed by atoms with Crippen LogP contribution < -0.4 is 0 Å². The summed E-state index contributed by atoms with van der Waals surface area (Å²) in [6.45, 7) is 1.75. The minimum absolute atomic E-state index is 0.100. The van der Waals surface area contributed by atoms with Gasteiger partial charge >= 0.3 is 12.9 Å². The van der Waals surface area contributed by atoms with Gasteiger partial charge in [-0.25, -0.2) is 4.98 Å². The quantitative estimate of drug-likeness (QED) is 0.303. The second-order valence-electron chi connectivity index (χ2n) is 2.50. The average Bonchev–Trinajstić information content (AvgIpc) is 2.08. The maximum Gasteiger partial charge on any atom is 0.673 e. The molecule has 0 radical (unpaired) electrons. The fourth-order valence-electron chi connectivity index (χ4n) is 0.626. The highest BCUT2D eigenvalue weighted by molar-refractivity contribution is 6.50. The van der Waals surface area contributed by atoms with Gasteiger partial charge in [-0.3, -0.25) is 0 Å². The Bertz CT molecular complexity index is 411.